The van der Waals surface area contributed by atoms with Gasteiger partial charge in [-0.1, -0.05) is 12.1 Å². The summed E-state index contributed by atoms with van der Waals surface area (Å²) in [5.74, 6) is 0.750. The van der Waals surface area contributed by atoms with Gasteiger partial charge in [0, 0.05) is 18.5 Å². The Morgan fingerprint density at radius 1 is 1.35 bits per heavy atom. The molecule has 1 saturated heterocycles. The summed E-state index contributed by atoms with van der Waals surface area (Å²) in [5.41, 5.74) is 1.29. The molecule has 106 valence electrons. The molecule has 1 aromatic carbocycles. The van der Waals surface area contributed by atoms with E-state index >= 15 is 0 Å². The normalized spacial score (nSPS) is 20.1. The van der Waals surface area contributed by atoms with Crippen molar-refractivity contribution in [3.05, 3.63) is 29.3 Å². The number of amides is 1. The Morgan fingerprint density at radius 3 is 2.65 bits per heavy atom. The number of ether oxygens (including phenoxy) is 1. The van der Waals surface area contributed by atoms with Crippen LogP contribution in [0.1, 0.15) is 28.8 Å². The SMILES string of the molecule is COc1cccc2c1C(=O)C1(CCN(C(=O)O)CC1)C2. The number of benzene rings is 1. The molecule has 1 aliphatic carbocycles. The van der Waals surface area contributed by atoms with Crippen LogP contribution in [0.2, 0.25) is 0 Å². The zero-order valence-electron chi connectivity index (χ0n) is 11.4. The molecule has 1 aromatic rings. The second-order valence-electron chi connectivity index (χ2n) is 5.55. The lowest BCUT2D eigenvalue weighted by atomic mass is 9.75. The van der Waals surface area contributed by atoms with Crippen LogP contribution in [0.4, 0.5) is 4.79 Å². The van der Waals surface area contributed by atoms with Gasteiger partial charge in [-0.2, -0.15) is 0 Å². The summed E-state index contributed by atoms with van der Waals surface area (Å²) >= 11 is 0. The molecule has 1 aliphatic heterocycles. The average Bonchev–Trinajstić information content (AvgIpc) is 2.72. The van der Waals surface area contributed by atoms with Crippen LogP contribution in [-0.2, 0) is 6.42 Å². The lowest BCUT2D eigenvalue weighted by molar-refractivity contribution is 0.0619. The first-order valence-corrected chi connectivity index (χ1v) is 6.76. The molecule has 0 bridgehead atoms. The van der Waals surface area contributed by atoms with Crippen molar-refractivity contribution in [2.24, 2.45) is 5.41 Å². The molecule has 1 N–H and O–H groups in total. The lowest BCUT2D eigenvalue weighted by Crippen LogP contribution is -2.45. The van der Waals surface area contributed by atoms with E-state index in [4.69, 9.17) is 9.84 Å². The van der Waals surface area contributed by atoms with Crippen LogP contribution in [0, 0.1) is 5.41 Å². The van der Waals surface area contributed by atoms with E-state index in [1.54, 1.807) is 7.11 Å². The molecule has 0 unspecified atom stereocenters. The zero-order chi connectivity index (χ0) is 14.3. The van der Waals surface area contributed by atoms with Crippen molar-refractivity contribution in [3.8, 4) is 5.75 Å². The van der Waals surface area contributed by atoms with Crippen molar-refractivity contribution in [2.45, 2.75) is 19.3 Å². The lowest BCUT2D eigenvalue weighted by Gasteiger charge is -2.36. The van der Waals surface area contributed by atoms with E-state index in [1.165, 1.54) is 4.90 Å². The summed E-state index contributed by atoms with van der Waals surface area (Å²) in [7, 11) is 1.57. The Labute approximate surface area is 117 Å². The van der Waals surface area contributed by atoms with Crippen molar-refractivity contribution < 1.29 is 19.4 Å². The van der Waals surface area contributed by atoms with Crippen molar-refractivity contribution in [1.82, 2.24) is 4.90 Å². The Bertz CT molecular complexity index is 573. The van der Waals surface area contributed by atoms with Crippen molar-refractivity contribution in [3.63, 3.8) is 0 Å². The highest BCUT2D eigenvalue weighted by molar-refractivity contribution is 6.07. The predicted molar refractivity (Wildman–Crippen MR) is 72.3 cm³/mol. The number of methoxy groups -OCH3 is 1. The largest absolute Gasteiger partial charge is 0.496 e. The molecule has 0 aromatic heterocycles. The van der Waals surface area contributed by atoms with Gasteiger partial charge in [0.05, 0.1) is 12.7 Å². The number of carbonyl (C=O) groups is 2. The summed E-state index contributed by atoms with van der Waals surface area (Å²) < 4.78 is 5.30. The number of piperidine rings is 1. The van der Waals surface area contributed by atoms with Crippen LogP contribution in [-0.4, -0.2) is 42.1 Å². The Hall–Kier alpha value is -2.04. The average molecular weight is 275 g/mol. The number of Topliss-reactive ketones (excluding diaryl/α,β-unsaturated/α-hetero) is 1. The van der Waals surface area contributed by atoms with Gasteiger partial charge in [-0.3, -0.25) is 4.79 Å². The second-order valence-corrected chi connectivity index (χ2v) is 5.55. The fraction of sp³-hybridized carbons (Fsp3) is 0.467. The van der Waals surface area contributed by atoms with Gasteiger partial charge in [-0.05, 0) is 30.9 Å². The van der Waals surface area contributed by atoms with Crippen molar-refractivity contribution in [1.29, 1.82) is 0 Å². The van der Waals surface area contributed by atoms with Gasteiger partial charge in [-0.15, -0.1) is 0 Å². The third-order valence-corrected chi connectivity index (χ3v) is 4.56. The third-order valence-electron chi connectivity index (χ3n) is 4.56. The van der Waals surface area contributed by atoms with Crippen LogP contribution >= 0.6 is 0 Å². The molecular formula is C15H17NO4. The van der Waals surface area contributed by atoms with Crippen molar-refractivity contribution in [2.75, 3.05) is 20.2 Å². The number of ketones is 1. The summed E-state index contributed by atoms with van der Waals surface area (Å²) in [4.78, 5) is 25.2. The van der Waals surface area contributed by atoms with Crippen LogP contribution in [0.25, 0.3) is 0 Å². The zero-order valence-corrected chi connectivity index (χ0v) is 11.4. The van der Waals surface area contributed by atoms with E-state index in [0.29, 0.717) is 43.7 Å². The molecular weight excluding hydrogens is 258 g/mol. The monoisotopic (exact) mass is 275 g/mol. The molecule has 1 spiro atoms. The van der Waals surface area contributed by atoms with Crippen LogP contribution in [0.3, 0.4) is 0 Å². The molecule has 1 fully saturated rings. The van der Waals surface area contributed by atoms with Crippen LogP contribution in [0.5, 0.6) is 5.75 Å². The fourth-order valence-electron chi connectivity index (χ4n) is 3.39. The van der Waals surface area contributed by atoms with E-state index in [2.05, 4.69) is 0 Å². The molecule has 0 radical (unpaired) electrons. The maximum absolute atomic E-state index is 12.8. The minimum Gasteiger partial charge on any atom is -0.496 e. The number of nitrogens with zero attached hydrogens (tertiary/aromatic N) is 1. The highest BCUT2D eigenvalue weighted by atomic mass is 16.5. The third kappa shape index (κ3) is 1.77. The van der Waals surface area contributed by atoms with Gasteiger partial charge >= 0.3 is 6.09 Å². The summed E-state index contributed by atoms with van der Waals surface area (Å²) in [6, 6.07) is 5.67. The quantitative estimate of drug-likeness (QED) is 0.853. The number of likely N-dealkylation sites (tertiary alicyclic amines) is 1. The molecule has 5 nitrogen and oxygen atoms in total. The topological polar surface area (TPSA) is 66.8 Å². The minimum atomic E-state index is -0.902. The first-order valence-electron chi connectivity index (χ1n) is 6.76. The molecule has 5 heteroatoms. The standard InChI is InChI=1S/C15H17NO4/c1-20-11-4-2-3-10-9-15(13(17)12(10)11)5-7-16(8-6-15)14(18)19/h2-4H,5-9H2,1H3,(H,18,19). The van der Waals surface area contributed by atoms with Gasteiger partial charge in [-0.25, -0.2) is 4.79 Å². The van der Waals surface area contributed by atoms with Crippen LogP contribution < -0.4 is 4.74 Å². The van der Waals surface area contributed by atoms with Gasteiger partial charge < -0.3 is 14.7 Å². The first kappa shape index (κ1) is 13.0. The first-order chi connectivity index (χ1) is 9.57. The molecule has 1 amide bonds. The number of carboxylic acid groups (broad SMARTS) is 1. The fourth-order valence-corrected chi connectivity index (χ4v) is 3.39. The van der Waals surface area contributed by atoms with Gasteiger partial charge in [0.15, 0.2) is 5.78 Å². The highest BCUT2D eigenvalue weighted by Crippen LogP contribution is 2.47. The molecule has 0 atom stereocenters. The summed E-state index contributed by atoms with van der Waals surface area (Å²) in [5, 5.41) is 9.01. The van der Waals surface area contributed by atoms with Gasteiger partial charge in [0.2, 0.25) is 0 Å². The second kappa shape index (κ2) is 4.51. The van der Waals surface area contributed by atoms with E-state index in [9.17, 15) is 9.59 Å². The maximum atomic E-state index is 12.8. The van der Waals surface area contributed by atoms with Crippen LogP contribution in [0.15, 0.2) is 18.2 Å². The van der Waals surface area contributed by atoms with E-state index in [0.717, 1.165) is 5.56 Å². The van der Waals surface area contributed by atoms with Crippen molar-refractivity contribution >= 4 is 11.9 Å². The number of rotatable bonds is 1. The molecule has 2 aliphatic rings. The Morgan fingerprint density at radius 2 is 2.05 bits per heavy atom. The molecule has 1 heterocycles. The number of hydrogen-bond acceptors (Lipinski definition) is 3. The number of hydrogen-bond donors (Lipinski definition) is 1. The molecule has 20 heavy (non-hydrogen) atoms. The number of carbonyl (C=O) groups excluding carboxylic acids is 1. The number of fused-ring (bicyclic) bond motifs is 1. The molecule has 3 rings (SSSR count). The Kier molecular flexibility index (Phi) is 2.92. The predicted octanol–water partition coefficient (Wildman–Crippen LogP) is 2.19. The molecule has 0 saturated carbocycles. The van der Waals surface area contributed by atoms with E-state index in [1.807, 2.05) is 18.2 Å². The highest BCUT2D eigenvalue weighted by Gasteiger charge is 2.48. The minimum absolute atomic E-state index is 0.120. The summed E-state index contributed by atoms with van der Waals surface area (Å²) in [6.07, 6.45) is 0.984. The Balaban J connectivity index is 1.89. The smallest absolute Gasteiger partial charge is 0.407 e. The van der Waals surface area contributed by atoms with Gasteiger partial charge in [0.1, 0.15) is 5.75 Å². The maximum Gasteiger partial charge on any atom is 0.407 e. The van der Waals surface area contributed by atoms with Gasteiger partial charge in [0.25, 0.3) is 0 Å². The van der Waals surface area contributed by atoms with E-state index in [-0.39, 0.29) is 5.78 Å². The van der Waals surface area contributed by atoms with E-state index < -0.39 is 11.5 Å². The summed E-state index contributed by atoms with van der Waals surface area (Å²) in [6.45, 7) is 0.856.